The zero-order valence-electron chi connectivity index (χ0n) is 27.4. The van der Waals surface area contributed by atoms with Gasteiger partial charge in [0, 0.05) is 45.5 Å². The number of hydrogen-bond donors (Lipinski definition) is 0. The second-order valence-corrected chi connectivity index (χ2v) is 13.0. The predicted molar refractivity (Wildman–Crippen MR) is 213 cm³/mol. The van der Waals surface area contributed by atoms with Gasteiger partial charge in [-0.05, 0) is 100.0 Å². The summed E-state index contributed by atoms with van der Waals surface area (Å²) in [5, 5.41) is 2.44. The Morgan fingerprint density at radius 3 is 1.40 bits per heavy atom. The van der Waals surface area contributed by atoms with Crippen molar-refractivity contribution in [1.82, 2.24) is 0 Å². The van der Waals surface area contributed by atoms with E-state index in [4.69, 9.17) is 0 Å². The molecule has 234 valence electrons. The Hall–Kier alpha value is -6.52. The first kappa shape index (κ1) is 28.5. The monoisotopic (exact) mass is 637 g/mol. The van der Waals surface area contributed by atoms with Crippen LogP contribution in [0.3, 0.4) is 0 Å². The lowest BCUT2D eigenvalue weighted by Crippen LogP contribution is -2.61. The van der Waals surface area contributed by atoms with Crippen molar-refractivity contribution in [3.63, 3.8) is 0 Å². The molecular weight excluding hydrogens is 605 g/mol. The minimum absolute atomic E-state index is 0.0761. The standard InChI is InChI=1S/C46H32BN3/c1-4-18-35(19-5-1)48(38-29-28-33-16-10-11-17-34(33)30-38)39-31-44-46-45(32-39)50(37-22-8-3-9-23-37)43-27-15-13-25-41(43)47(46)40-24-12-14-26-42(40)49(44)36-20-6-2-7-21-36/h1-32H. The summed E-state index contributed by atoms with van der Waals surface area (Å²) >= 11 is 0. The minimum atomic E-state index is 0.0761. The van der Waals surface area contributed by atoms with Crippen molar-refractivity contribution in [1.29, 1.82) is 0 Å². The van der Waals surface area contributed by atoms with Gasteiger partial charge < -0.3 is 14.7 Å². The van der Waals surface area contributed by atoms with E-state index >= 15 is 0 Å². The Kier molecular flexibility index (Phi) is 6.60. The molecule has 4 heteroatoms. The van der Waals surface area contributed by atoms with Crippen molar-refractivity contribution in [2.75, 3.05) is 14.7 Å². The van der Waals surface area contributed by atoms with Crippen LogP contribution in [0.2, 0.25) is 0 Å². The van der Waals surface area contributed by atoms with E-state index in [-0.39, 0.29) is 6.71 Å². The van der Waals surface area contributed by atoms with Crippen LogP contribution < -0.4 is 31.1 Å². The highest BCUT2D eigenvalue weighted by Crippen LogP contribution is 2.47. The number of anilines is 9. The van der Waals surface area contributed by atoms with Gasteiger partial charge in [-0.2, -0.15) is 0 Å². The molecule has 2 aliphatic rings. The van der Waals surface area contributed by atoms with E-state index in [0.29, 0.717) is 0 Å². The molecule has 0 aliphatic carbocycles. The maximum absolute atomic E-state index is 2.47. The Morgan fingerprint density at radius 1 is 0.340 bits per heavy atom. The Bertz CT molecular complexity index is 2400. The molecule has 0 fully saturated rings. The summed E-state index contributed by atoms with van der Waals surface area (Å²) in [6.07, 6.45) is 0. The van der Waals surface area contributed by atoms with Crippen LogP contribution in [0.4, 0.5) is 51.2 Å². The molecule has 0 bridgehead atoms. The fourth-order valence-corrected chi connectivity index (χ4v) is 8.06. The van der Waals surface area contributed by atoms with Crippen LogP contribution in [-0.2, 0) is 0 Å². The summed E-state index contributed by atoms with van der Waals surface area (Å²) in [6, 6.07) is 70.5. The number of rotatable bonds is 5. The van der Waals surface area contributed by atoms with Gasteiger partial charge in [0.25, 0.3) is 6.71 Å². The van der Waals surface area contributed by atoms with Crippen LogP contribution in [0.1, 0.15) is 0 Å². The third-order valence-electron chi connectivity index (χ3n) is 10.2. The van der Waals surface area contributed by atoms with Crippen LogP contribution in [0, 0.1) is 0 Å². The van der Waals surface area contributed by atoms with Gasteiger partial charge in [-0.15, -0.1) is 0 Å². The molecule has 0 saturated carbocycles. The molecule has 10 rings (SSSR count). The van der Waals surface area contributed by atoms with Gasteiger partial charge in [0.15, 0.2) is 0 Å². The van der Waals surface area contributed by atoms with Gasteiger partial charge in [-0.25, -0.2) is 0 Å². The fraction of sp³-hybridized carbons (Fsp3) is 0. The van der Waals surface area contributed by atoms with Gasteiger partial charge in [0.1, 0.15) is 0 Å². The zero-order valence-corrected chi connectivity index (χ0v) is 27.4. The molecule has 0 amide bonds. The molecule has 0 saturated heterocycles. The SMILES string of the molecule is c1ccc(N(c2cc3c4c(c2)N(c2ccccc2)c2ccccc2B4c2ccccc2N3c2ccccc2)c2ccc3ccccc3c2)cc1. The molecule has 8 aromatic rings. The second kappa shape index (κ2) is 11.6. The van der Waals surface area contributed by atoms with E-state index in [1.165, 1.54) is 49.9 Å². The number of para-hydroxylation sites is 5. The number of benzene rings is 8. The minimum Gasteiger partial charge on any atom is -0.311 e. The van der Waals surface area contributed by atoms with E-state index in [9.17, 15) is 0 Å². The van der Waals surface area contributed by atoms with Crippen molar-refractivity contribution in [3.05, 3.63) is 194 Å². The van der Waals surface area contributed by atoms with Gasteiger partial charge in [-0.3, -0.25) is 0 Å². The Labute approximate surface area is 293 Å². The molecule has 50 heavy (non-hydrogen) atoms. The first-order valence-corrected chi connectivity index (χ1v) is 17.2. The molecule has 2 heterocycles. The maximum atomic E-state index is 2.47. The van der Waals surface area contributed by atoms with Gasteiger partial charge in [0.2, 0.25) is 0 Å². The quantitative estimate of drug-likeness (QED) is 0.174. The molecule has 0 atom stereocenters. The van der Waals surface area contributed by atoms with E-state index in [0.717, 1.165) is 28.4 Å². The van der Waals surface area contributed by atoms with Crippen LogP contribution in [0.15, 0.2) is 194 Å². The fourth-order valence-electron chi connectivity index (χ4n) is 8.06. The summed E-state index contributed by atoms with van der Waals surface area (Å²) in [6.45, 7) is 0.0761. The normalized spacial score (nSPS) is 12.7. The lowest BCUT2D eigenvalue weighted by Gasteiger charge is -2.45. The first-order valence-electron chi connectivity index (χ1n) is 17.2. The Morgan fingerprint density at radius 2 is 0.820 bits per heavy atom. The van der Waals surface area contributed by atoms with E-state index in [1.807, 2.05) is 0 Å². The third-order valence-corrected chi connectivity index (χ3v) is 10.2. The molecule has 0 N–H and O–H groups in total. The third kappa shape index (κ3) is 4.46. The lowest BCUT2D eigenvalue weighted by molar-refractivity contribution is 1.23. The number of fused-ring (bicyclic) bond motifs is 5. The molecule has 8 aromatic carbocycles. The highest BCUT2D eigenvalue weighted by molar-refractivity contribution is 7.00. The average Bonchev–Trinajstić information content (AvgIpc) is 3.19. The molecule has 0 unspecified atom stereocenters. The number of nitrogens with zero attached hydrogens (tertiary/aromatic N) is 3. The topological polar surface area (TPSA) is 9.72 Å². The highest BCUT2D eigenvalue weighted by Gasteiger charge is 2.43. The van der Waals surface area contributed by atoms with Crippen LogP contribution in [-0.4, -0.2) is 6.71 Å². The first-order chi connectivity index (χ1) is 24.8. The molecule has 3 nitrogen and oxygen atoms in total. The predicted octanol–water partition coefficient (Wildman–Crippen LogP) is 10.4. The van der Waals surface area contributed by atoms with E-state index in [2.05, 4.69) is 209 Å². The molecule has 0 radical (unpaired) electrons. The summed E-state index contributed by atoms with van der Waals surface area (Å²) < 4.78 is 0. The molecule has 0 spiro atoms. The molecule has 0 aromatic heterocycles. The highest BCUT2D eigenvalue weighted by atomic mass is 15.2. The molecule has 2 aliphatic heterocycles. The van der Waals surface area contributed by atoms with Crippen LogP contribution in [0.25, 0.3) is 10.8 Å². The summed E-state index contributed by atoms with van der Waals surface area (Å²) in [5.41, 5.74) is 14.3. The smallest absolute Gasteiger partial charge is 0.252 e. The lowest BCUT2D eigenvalue weighted by atomic mass is 9.33. The van der Waals surface area contributed by atoms with Crippen LogP contribution >= 0.6 is 0 Å². The summed E-state index contributed by atoms with van der Waals surface area (Å²) in [4.78, 5) is 7.34. The summed E-state index contributed by atoms with van der Waals surface area (Å²) in [5.74, 6) is 0. The Balaban J connectivity index is 1.32. The second-order valence-electron chi connectivity index (χ2n) is 13.0. The molecular formula is C46H32BN3. The van der Waals surface area contributed by atoms with Crippen molar-refractivity contribution < 1.29 is 0 Å². The van der Waals surface area contributed by atoms with E-state index < -0.39 is 0 Å². The van der Waals surface area contributed by atoms with E-state index in [1.54, 1.807) is 0 Å². The van der Waals surface area contributed by atoms with Crippen molar-refractivity contribution >= 4 is 85.1 Å². The van der Waals surface area contributed by atoms with Crippen LogP contribution in [0.5, 0.6) is 0 Å². The van der Waals surface area contributed by atoms with Crippen molar-refractivity contribution in [2.45, 2.75) is 0 Å². The van der Waals surface area contributed by atoms with Gasteiger partial charge in [0.05, 0.1) is 5.69 Å². The van der Waals surface area contributed by atoms with Gasteiger partial charge in [-0.1, -0.05) is 121 Å². The average molecular weight is 638 g/mol. The summed E-state index contributed by atoms with van der Waals surface area (Å²) in [7, 11) is 0. The number of hydrogen-bond acceptors (Lipinski definition) is 3. The maximum Gasteiger partial charge on any atom is 0.252 e. The largest absolute Gasteiger partial charge is 0.311 e. The van der Waals surface area contributed by atoms with Crippen molar-refractivity contribution in [3.8, 4) is 0 Å². The zero-order chi connectivity index (χ0) is 33.0. The van der Waals surface area contributed by atoms with Gasteiger partial charge >= 0.3 is 0 Å². The van der Waals surface area contributed by atoms with Crippen molar-refractivity contribution in [2.24, 2.45) is 0 Å².